The second-order valence-corrected chi connectivity index (χ2v) is 35.2. The fraction of sp³-hybridized carbons (Fsp3) is 0.792. The molecule has 0 aromatic carbocycles. The molecule has 3 amide bonds. The van der Waals surface area contributed by atoms with Crippen molar-refractivity contribution in [3.8, 4) is 0 Å². The number of tetrazole rings is 1. The van der Waals surface area contributed by atoms with Gasteiger partial charge in [-0.25, -0.2) is 14.4 Å². The van der Waals surface area contributed by atoms with E-state index in [2.05, 4.69) is 240 Å². The number of amides is 3. The summed E-state index contributed by atoms with van der Waals surface area (Å²) in [5.74, 6) is 6.80. The minimum absolute atomic E-state index is 0.00579. The fourth-order valence-electron chi connectivity index (χ4n) is 12.9. The van der Waals surface area contributed by atoms with Gasteiger partial charge < -0.3 is 48.8 Å². The highest BCUT2D eigenvalue weighted by Gasteiger charge is 2.63. The Morgan fingerprint density at radius 1 is 0.380 bits per heavy atom. The van der Waals surface area contributed by atoms with Crippen molar-refractivity contribution >= 4 is 23.7 Å². The third kappa shape index (κ3) is 15.9. The molecule has 9 rings (SSSR count). The molecule has 7 aliphatic heterocycles. The highest BCUT2D eigenvalue weighted by atomic mass is 16.6. The molecule has 0 aliphatic carbocycles. The summed E-state index contributed by atoms with van der Waals surface area (Å²) >= 11 is 0. The molecule has 6 saturated heterocycles. The number of allylic oxidation sites excluding steroid dienone is 1. The number of carbonyl (C=O) groups is 3. The monoisotopic (exact) mass is 1410 g/mol. The Morgan fingerprint density at radius 2 is 0.710 bits per heavy atom. The fourth-order valence-corrected chi connectivity index (χ4v) is 12.9. The van der Waals surface area contributed by atoms with Crippen molar-refractivity contribution in [2.45, 2.75) is 265 Å². The topological polar surface area (TPSA) is 185 Å². The molecule has 6 fully saturated rings. The molecule has 2 unspecified atom stereocenters. The number of piperidine rings is 1. The van der Waals surface area contributed by atoms with Crippen LogP contribution in [-0.2, 0) is 42.5 Å². The Labute approximate surface area is 608 Å². The highest BCUT2D eigenvalue weighted by molar-refractivity contribution is 5.90. The van der Waals surface area contributed by atoms with Gasteiger partial charge in [0.1, 0.15) is 17.3 Å². The average molecular weight is 1410 g/mol. The largest absolute Gasteiger partial charge is 0.441 e. The number of likely N-dealkylation sites (N-methyl/N-ethyl adjacent to an activating group) is 3. The number of amidine groups is 1. The van der Waals surface area contributed by atoms with Crippen LogP contribution in [0.4, 0.5) is 4.79 Å². The van der Waals surface area contributed by atoms with Crippen LogP contribution in [0.2, 0.25) is 0 Å². The number of aromatic nitrogens is 6. The van der Waals surface area contributed by atoms with E-state index in [0.717, 1.165) is 46.5 Å². The number of imidazole rings is 1. The number of hydrazone groups is 1. The van der Waals surface area contributed by atoms with Crippen molar-refractivity contribution < 1.29 is 19.1 Å². The second kappa shape index (κ2) is 30.3. The first-order valence-corrected chi connectivity index (χ1v) is 35.4. The summed E-state index contributed by atoms with van der Waals surface area (Å²) in [6.45, 7) is 82.9. The quantitative estimate of drug-likeness (QED) is 0.227. The van der Waals surface area contributed by atoms with E-state index >= 15 is 0 Å². The molecule has 2 aromatic heterocycles. The maximum absolute atomic E-state index is 12.0. The predicted octanol–water partition coefficient (Wildman–Crippen LogP) is 12.3. The lowest BCUT2D eigenvalue weighted by Crippen LogP contribution is -2.71. The second-order valence-electron chi connectivity index (χ2n) is 35.2. The molecule has 576 valence electrons. The van der Waals surface area contributed by atoms with Crippen LogP contribution < -0.4 is 11.4 Å². The smallest absolute Gasteiger partial charge is 0.410 e. The van der Waals surface area contributed by atoms with Crippen LogP contribution in [0.15, 0.2) is 64.2 Å². The van der Waals surface area contributed by atoms with Gasteiger partial charge in [0, 0.05) is 149 Å². The van der Waals surface area contributed by atoms with E-state index in [9.17, 15) is 24.0 Å². The molecular weight excluding hydrogens is 1260 g/mol. The molecule has 0 saturated carbocycles. The minimum atomic E-state index is -0.390. The number of aryl methyl sites for hydroxylation is 2. The Kier molecular flexibility index (Phi) is 27.7. The van der Waals surface area contributed by atoms with Gasteiger partial charge in [-0.15, -0.1) is 0 Å². The van der Waals surface area contributed by atoms with E-state index < -0.39 is 5.60 Å². The summed E-state index contributed by atoms with van der Waals surface area (Å²) in [5, 5.41) is 12.8. The molecule has 23 nitrogen and oxygen atoms in total. The molecule has 4 atom stereocenters. The molecule has 100 heavy (non-hydrogen) atoms. The van der Waals surface area contributed by atoms with Crippen molar-refractivity contribution in [1.82, 2.24) is 78.0 Å². The SMILES string of the molecule is C=C1N(C)C(C)(C)C(C)(C)C(C)(C)N1C.C=C1N(C)C(C)(C)C(C)(C)N1C.C=C1N(C)N=C(C)N1C.C=C1[C@@H](C)C(C)[C@@H](C)C(C)N1C.CN1C(=O)C(C)(C)C(C)(C)C1(C)C.CN1C(=O)C(C)(C)C1(C)C.CN1C(=O)OC(C)(C)C1(C)C.Cc1c(C)n(C)c(=O)n1C.Cn1nnn(C)c1=O. The summed E-state index contributed by atoms with van der Waals surface area (Å²) in [6, 6.07) is 0.642. The highest BCUT2D eigenvalue weighted by Crippen LogP contribution is 2.56. The van der Waals surface area contributed by atoms with Gasteiger partial charge >= 0.3 is 17.5 Å². The summed E-state index contributed by atoms with van der Waals surface area (Å²) in [5.41, 5.74) is 2.87. The van der Waals surface area contributed by atoms with Crippen molar-refractivity contribution in [2.24, 2.45) is 72.7 Å². The van der Waals surface area contributed by atoms with Gasteiger partial charge in [-0.2, -0.15) is 14.5 Å². The maximum atomic E-state index is 12.0. The van der Waals surface area contributed by atoms with Gasteiger partial charge in [0.2, 0.25) is 11.8 Å². The lowest BCUT2D eigenvalue weighted by Gasteiger charge is -2.65. The van der Waals surface area contributed by atoms with E-state index in [-0.39, 0.29) is 89.7 Å². The van der Waals surface area contributed by atoms with Crippen LogP contribution >= 0.6 is 0 Å². The maximum Gasteiger partial charge on any atom is 0.410 e. The van der Waals surface area contributed by atoms with E-state index in [1.807, 2.05) is 114 Å². The Bertz CT molecular complexity index is 3330. The van der Waals surface area contributed by atoms with Crippen LogP contribution in [0.3, 0.4) is 0 Å². The average Bonchev–Trinajstić information content (AvgIpc) is 0.817. The van der Waals surface area contributed by atoms with Crippen LogP contribution in [-0.4, -0.2) is 223 Å². The molecule has 7 aliphatic rings. The van der Waals surface area contributed by atoms with Crippen LogP contribution in [0.25, 0.3) is 0 Å². The van der Waals surface area contributed by atoms with Crippen molar-refractivity contribution in [1.29, 1.82) is 0 Å². The van der Waals surface area contributed by atoms with Crippen LogP contribution in [0.1, 0.15) is 212 Å². The van der Waals surface area contributed by atoms with Gasteiger partial charge in [0.25, 0.3) is 0 Å². The van der Waals surface area contributed by atoms with Crippen molar-refractivity contribution in [2.75, 3.05) is 70.5 Å². The summed E-state index contributed by atoms with van der Waals surface area (Å²) in [6.07, 6.45) is -0.236. The van der Waals surface area contributed by atoms with Gasteiger partial charge in [0.15, 0.2) is 0 Å². The molecule has 0 bridgehead atoms. The number of hydrogen-bond donors (Lipinski definition) is 0. The van der Waals surface area contributed by atoms with E-state index in [1.54, 1.807) is 59.2 Å². The standard InChI is InChI=1S/C13H26N2.C11H21NO.C11H21N.C10H20N2.C8H15NO2.C8H15NO.C7H12N2O.C6H11N3.C3H6N4O/c1-10-14(8)12(4,5)11(2,3)13(6,7)15(10)9;1-9(2)8(13)12(7)11(5,6)10(9,3)4;1-7-8(2)10(4)12(6)11(5)9(7)3;1-8-11(6)9(2,3)10(4,5)12(8)7;1-7(2)8(3,4)11-6(10)9(7)5;1-7(2)6(10)9(5)8(7,3)4;1-5-6(2)9(4)7(10)8(5)3;1-5-7-9(4)6(2)8(5)3;1-6-3(8)7(2)5-4-6/h1H2,2-9H3;1-7H3;7-9,11H,4H2,1-3,5-6H3;1H2,2-7H3;1-5H3;1-5H3;1-4H3;2H2,1,3-4H3;1-2H3/t;;7?,8-,9+,11?;;;;;;/m..0....../s1. The van der Waals surface area contributed by atoms with E-state index in [4.69, 9.17) is 4.74 Å². The zero-order valence-corrected chi connectivity index (χ0v) is 72.2. The molecule has 0 spiro atoms. The first-order chi connectivity index (χ1) is 44.2. The predicted molar refractivity (Wildman–Crippen MR) is 415 cm³/mol. The molecule has 0 N–H and O–H groups in total. The minimum Gasteiger partial charge on any atom is -0.441 e. The van der Waals surface area contributed by atoms with Crippen LogP contribution in [0.5, 0.6) is 0 Å². The van der Waals surface area contributed by atoms with Crippen LogP contribution in [0, 0.1) is 53.3 Å². The van der Waals surface area contributed by atoms with Gasteiger partial charge in [-0.3, -0.25) is 23.7 Å². The zero-order chi connectivity index (χ0) is 80.1. The van der Waals surface area contributed by atoms with Gasteiger partial charge in [0.05, 0.1) is 44.6 Å². The molecule has 0 radical (unpaired) electrons. The lowest BCUT2D eigenvalue weighted by molar-refractivity contribution is -0.177. The molecule has 23 heteroatoms. The first-order valence-electron chi connectivity index (χ1n) is 35.4. The van der Waals surface area contributed by atoms with Crippen molar-refractivity contribution in [3.05, 3.63) is 81.8 Å². The van der Waals surface area contributed by atoms with Gasteiger partial charge in [-0.1, -0.05) is 88.6 Å². The number of β-lactam (4-membered cyclic amide) rings is 1. The number of nitrogens with zero attached hydrogens (tertiary/aromatic N) is 17. The normalized spacial score (nSPS) is 25.8. The number of likely N-dealkylation sites (tertiary alicyclic amines) is 3. The molecule has 9 heterocycles. The summed E-state index contributed by atoms with van der Waals surface area (Å²) < 4.78 is 10.8. The van der Waals surface area contributed by atoms with Gasteiger partial charge in [-0.05, 0) is 181 Å². The lowest BCUT2D eigenvalue weighted by atomic mass is 9.60. The van der Waals surface area contributed by atoms with E-state index in [0.29, 0.717) is 12.0 Å². The number of ether oxygens (including phenoxy) is 1. The zero-order valence-electron chi connectivity index (χ0n) is 72.2. The van der Waals surface area contributed by atoms with Crippen molar-refractivity contribution in [3.63, 3.8) is 0 Å². The summed E-state index contributed by atoms with van der Waals surface area (Å²) in [4.78, 5) is 74.7. The molecule has 2 aromatic rings. The summed E-state index contributed by atoms with van der Waals surface area (Å²) in [7, 11) is 26.7. The number of rotatable bonds is 0. The Hall–Kier alpha value is -6.68. The number of carbonyl (C=O) groups excluding carboxylic acids is 3. The number of hydrogen-bond acceptors (Lipinski definition) is 16. The van der Waals surface area contributed by atoms with E-state index in [1.165, 1.54) is 15.1 Å². The number of cyclic esters (lactones) is 1. The Balaban J connectivity index is 0.000000565. The third-order valence-corrected chi connectivity index (χ3v) is 28.8. The Morgan fingerprint density at radius 3 is 0.880 bits per heavy atom. The first kappa shape index (κ1) is 91.3. The molecular formula is C77H147N17O6. The third-order valence-electron chi connectivity index (χ3n) is 28.8.